The van der Waals surface area contributed by atoms with E-state index in [1.54, 1.807) is 6.07 Å². The summed E-state index contributed by atoms with van der Waals surface area (Å²) >= 11 is 0. The molecule has 0 bridgehead atoms. The predicted octanol–water partition coefficient (Wildman–Crippen LogP) is 4.91. The van der Waals surface area contributed by atoms with E-state index in [0.717, 1.165) is 23.2 Å². The minimum Gasteiger partial charge on any atom is -0.367 e. The molecular weight excluding hydrogens is 336 g/mol. The van der Waals surface area contributed by atoms with Crippen molar-refractivity contribution in [1.82, 2.24) is 9.97 Å². The summed E-state index contributed by atoms with van der Waals surface area (Å²) in [6.07, 6.45) is 0.954. The van der Waals surface area contributed by atoms with E-state index in [9.17, 15) is 4.79 Å². The number of nitrogens with zero attached hydrogens (tertiary/aromatic N) is 2. The normalized spacial score (nSPS) is 11.7. The summed E-state index contributed by atoms with van der Waals surface area (Å²) in [5.41, 5.74) is 2.98. The van der Waals surface area contributed by atoms with Crippen molar-refractivity contribution >= 4 is 17.4 Å². The van der Waals surface area contributed by atoms with E-state index in [1.807, 2.05) is 61.5 Å². The Morgan fingerprint density at radius 2 is 1.74 bits per heavy atom. The average Bonchev–Trinajstić information content (AvgIpc) is 2.70. The van der Waals surface area contributed by atoms with Crippen molar-refractivity contribution in [3.8, 4) is 11.4 Å². The van der Waals surface area contributed by atoms with E-state index in [4.69, 9.17) is 0 Å². The monoisotopic (exact) mass is 360 g/mol. The van der Waals surface area contributed by atoms with Crippen LogP contribution in [0.15, 0.2) is 60.7 Å². The van der Waals surface area contributed by atoms with Crippen molar-refractivity contribution in [1.29, 1.82) is 0 Å². The van der Waals surface area contributed by atoms with E-state index in [1.165, 1.54) is 0 Å². The molecule has 1 aromatic heterocycles. The van der Waals surface area contributed by atoms with Gasteiger partial charge in [-0.05, 0) is 31.9 Å². The average molecular weight is 360 g/mol. The van der Waals surface area contributed by atoms with Crippen molar-refractivity contribution in [3.63, 3.8) is 0 Å². The molecule has 0 aliphatic carbocycles. The zero-order valence-corrected chi connectivity index (χ0v) is 15.9. The lowest BCUT2D eigenvalue weighted by molar-refractivity contribution is 0.102. The van der Waals surface area contributed by atoms with Crippen molar-refractivity contribution in [2.75, 3.05) is 10.6 Å². The fourth-order valence-corrected chi connectivity index (χ4v) is 2.61. The van der Waals surface area contributed by atoms with Crippen LogP contribution in [0.1, 0.15) is 36.3 Å². The molecule has 1 atom stereocenters. The number of hydrogen-bond acceptors (Lipinski definition) is 4. The predicted molar refractivity (Wildman–Crippen MR) is 110 cm³/mol. The van der Waals surface area contributed by atoms with Gasteiger partial charge in [0.1, 0.15) is 11.5 Å². The van der Waals surface area contributed by atoms with Crippen LogP contribution in [0.25, 0.3) is 11.4 Å². The maximum Gasteiger partial charge on any atom is 0.274 e. The van der Waals surface area contributed by atoms with Gasteiger partial charge in [-0.3, -0.25) is 4.79 Å². The second kappa shape index (κ2) is 8.45. The molecule has 3 rings (SSSR count). The van der Waals surface area contributed by atoms with Gasteiger partial charge in [0.25, 0.3) is 5.91 Å². The number of carbonyl (C=O) groups excluding carboxylic acids is 1. The summed E-state index contributed by atoms with van der Waals surface area (Å²) < 4.78 is 0. The molecule has 1 amide bonds. The van der Waals surface area contributed by atoms with E-state index in [2.05, 4.69) is 34.4 Å². The molecular formula is C22H24N4O. The van der Waals surface area contributed by atoms with Gasteiger partial charge in [0.2, 0.25) is 0 Å². The van der Waals surface area contributed by atoms with Crippen molar-refractivity contribution in [2.24, 2.45) is 0 Å². The number of benzene rings is 2. The number of para-hydroxylation sites is 1. The summed E-state index contributed by atoms with van der Waals surface area (Å²) in [7, 11) is 0. The Morgan fingerprint density at radius 1 is 1.04 bits per heavy atom. The fourth-order valence-electron chi connectivity index (χ4n) is 2.61. The van der Waals surface area contributed by atoms with Crippen LogP contribution in [0.2, 0.25) is 0 Å². The first-order valence-corrected chi connectivity index (χ1v) is 9.15. The van der Waals surface area contributed by atoms with Crippen LogP contribution in [0, 0.1) is 6.92 Å². The van der Waals surface area contributed by atoms with Gasteiger partial charge in [0.05, 0.1) is 0 Å². The smallest absolute Gasteiger partial charge is 0.274 e. The largest absolute Gasteiger partial charge is 0.367 e. The summed E-state index contributed by atoms with van der Waals surface area (Å²) in [5, 5.41) is 6.28. The molecule has 0 aliphatic heterocycles. The van der Waals surface area contributed by atoms with Gasteiger partial charge < -0.3 is 10.6 Å². The molecule has 0 fully saturated rings. The SMILES string of the molecule is CCC(C)Nc1cc(C(=O)Nc2ccccc2C)nc(-c2ccccc2)n1. The first-order valence-electron chi connectivity index (χ1n) is 9.15. The minimum absolute atomic E-state index is 0.246. The van der Waals surface area contributed by atoms with E-state index >= 15 is 0 Å². The van der Waals surface area contributed by atoms with Crippen LogP contribution in [0.3, 0.4) is 0 Å². The number of aryl methyl sites for hydroxylation is 1. The first-order chi connectivity index (χ1) is 13.1. The summed E-state index contributed by atoms with van der Waals surface area (Å²) in [6, 6.07) is 19.3. The van der Waals surface area contributed by atoms with Gasteiger partial charge in [0, 0.05) is 23.4 Å². The van der Waals surface area contributed by atoms with Crippen LogP contribution in [-0.2, 0) is 0 Å². The number of rotatable bonds is 6. The molecule has 5 nitrogen and oxygen atoms in total. The molecule has 3 aromatic rings. The molecule has 0 radical (unpaired) electrons. The Balaban J connectivity index is 1.96. The Kier molecular flexibility index (Phi) is 5.81. The standard InChI is InChI=1S/C22H24N4O/c1-4-16(3)23-20-14-19(22(27)25-18-13-9-8-10-15(18)2)24-21(26-20)17-11-6-5-7-12-17/h5-14,16H,4H2,1-3H3,(H,25,27)(H,23,24,26). The molecule has 2 N–H and O–H groups in total. The molecule has 0 saturated carbocycles. The first kappa shape index (κ1) is 18.6. The van der Waals surface area contributed by atoms with Crippen LogP contribution >= 0.6 is 0 Å². The van der Waals surface area contributed by atoms with Crippen LogP contribution in [-0.4, -0.2) is 21.9 Å². The van der Waals surface area contributed by atoms with E-state index < -0.39 is 0 Å². The Bertz CT molecular complexity index is 925. The second-order valence-corrected chi connectivity index (χ2v) is 6.55. The molecule has 0 spiro atoms. The van der Waals surface area contributed by atoms with Gasteiger partial charge in [-0.25, -0.2) is 9.97 Å². The van der Waals surface area contributed by atoms with Crippen LogP contribution < -0.4 is 10.6 Å². The van der Waals surface area contributed by atoms with Crippen molar-refractivity contribution in [2.45, 2.75) is 33.2 Å². The number of hydrogen-bond donors (Lipinski definition) is 2. The molecule has 2 aromatic carbocycles. The molecule has 27 heavy (non-hydrogen) atoms. The van der Waals surface area contributed by atoms with E-state index in [0.29, 0.717) is 17.3 Å². The lowest BCUT2D eigenvalue weighted by Gasteiger charge is -2.14. The highest BCUT2D eigenvalue weighted by atomic mass is 16.1. The summed E-state index contributed by atoms with van der Waals surface area (Å²) in [6.45, 7) is 6.14. The Labute approximate surface area is 159 Å². The maximum atomic E-state index is 12.8. The number of aromatic nitrogens is 2. The van der Waals surface area contributed by atoms with Gasteiger partial charge in [-0.1, -0.05) is 55.5 Å². The third-order valence-electron chi connectivity index (χ3n) is 4.39. The number of anilines is 2. The third kappa shape index (κ3) is 4.70. The topological polar surface area (TPSA) is 66.9 Å². The molecule has 0 saturated heterocycles. The zero-order chi connectivity index (χ0) is 19.2. The third-order valence-corrected chi connectivity index (χ3v) is 4.39. The number of amides is 1. The van der Waals surface area contributed by atoms with Gasteiger partial charge >= 0.3 is 0 Å². The molecule has 0 aliphatic rings. The molecule has 5 heteroatoms. The molecule has 138 valence electrons. The van der Waals surface area contributed by atoms with E-state index in [-0.39, 0.29) is 11.9 Å². The second-order valence-electron chi connectivity index (χ2n) is 6.55. The minimum atomic E-state index is -0.254. The van der Waals surface area contributed by atoms with Gasteiger partial charge in [0.15, 0.2) is 5.82 Å². The van der Waals surface area contributed by atoms with Crippen LogP contribution in [0.4, 0.5) is 11.5 Å². The van der Waals surface area contributed by atoms with Crippen molar-refractivity contribution in [3.05, 3.63) is 71.9 Å². The lowest BCUT2D eigenvalue weighted by atomic mass is 10.2. The highest BCUT2D eigenvalue weighted by Crippen LogP contribution is 2.20. The Hall–Kier alpha value is -3.21. The van der Waals surface area contributed by atoms with Gasteiger partial charge in [-0.2, -0.15) is 0 Å². The Morgan fingerprint density at radius 3 is 2.44 bits per heavy atom. The maximum absolute atomic E-state index is 12.8. The lowest BCUT2D eigenvalue weighted by Crippen LogP contribution is -2.19. The summed E-state index contributed by atoms with van der Waals surface area (Å²) in [4.78, 5) is 21.9. The number of carbonyl (C=O) groups is 1. The highest BCUT2D eigenvalue weighted by Gasteiger charge is 2.15. The zero-order valence-electron chi connectivity index (χ0n) is 15.9. The highest BCUT2D eigenvalue weighted by molar-refractivity contribution is 6.03. The molecule has 1 unspecified atom stereocenters. The fraction of sp³-hybridized carbons (Fsp3) is 0.227. The van der Waals surface area contributed by atoms with Gasteiger partial charge in [-0.15, -0.1) is 0 Å². The van der Waals surface area contributed by atoms with Crippen LogP contribution in [0.5, 0.6) is 0 Å². The van der Waals surface area contributed by atoms with Crippen molar-refractivity contribution < 1.29 is 4.79 Å². The number of nitrogens with one attached hydrogen (secondary N) is 2. The summed E-state index contributed by atoms with van der Waals surface area (Å²) in [5.74, 6) is 0.919. The quantitative estimate of drug-likeness (QED) is 0.655. The molecule has 1 heterocycles.